The van der Waals surface area contributed by atoms with Gasteiger partial charge in [-0.3, -0.25) is 5.32 Å². The van der Waals surface area contributed by atoms with Gasteiger partial charge >= 0.3 is 5.95 Å². The van der Waals surface area contributed by atoms with E-state index in [-0.39, 0.29) is 0 Å². The molecule has 0 bridgehead atoms. The van der Waals surface area contributed by atoms with Crippen molar-refractivity contribution < 1.29 is 4.68 Å². The van der Waals surface area contributed by atoms with E-state index in [4.69, 9.17) is 0 Å². The lowest BCUT2D eigenvalue weighted by Gasteiger charge is -2.23. The maximum absolute atomic E-state index is 4.27. The number of aromatic nitrogens is 3. The van der Waals surface area contributed by atoms with Crippen LogP contribution in [-0.4, -0.2) is 23.6 Å². The Hall–Kier alpha value is -2.17. The van der Waals surface area contributed by atoms with E-state index < -0.39 is 0 Å². The van der Waals surface area contributed by atoms with Gasteiger partial charge in [-0.2, -0.15) is 0 Å². The fourth-order valence-corrected chi connectivity index (χ4v) is 2.11. The highest BCUT2D eigenvalue weighted by molar-refractivity contribution is 5.43. The Morgan fingerprint density at radius 2 is 2.11 bits per heavy atom. The van der Waals surface area contributed by atoms with Crippen LogP contribution in [0.2, 0.25) is 0 Å². The molecule has 0 amide bonds. The van der Waals surface area contributed by atoms with Crippen molar-refractivity contribution in [2.45, 2.75) is 12.8 Å². The van der Waals surface area contributed by atoms with E-state index in [0.717, 1.165) is 24.1 Å². The molecule has 1 heterocycles. The number of hydrogen-bond acceptors (Lipinski definition) is 4. The van der Waals surface area contributed by atoms with Crippen LogP contribution in [0.1, 0.15) is 12.8 Å². The highest BCUT2D eigenvalue weighted by atomic mass is 15.6. The molecule has 1 N–H and O–H groups in total. The first-order valence-electron chi connectivity index (χ1n) is 6.61. The fourth-order valence-electron chi connectivity index (χ4n) is 2.11. The summed E-state index contributed by atoms with van der Waals surface area (Å²) in [6, 6.07) is 10.4. The van der Waals surface area contributed by atoms with E-state index in [1.807, 2.05) is 17.8 Å². The van der Waals surface area contributed by atoms with Crippen LogP contribution in [-0.2, 0) is 0 Å². The van der Waals surface area contributed by atoms with E-state index >= 15 is 0 Å². The van der Waals surface area contributed by atoms with E-state index in [1.165, 1.54) is 12.8 Å². The van der Waals surface area contributed by atoms with Crippen molar-refractivity contribution in [3.05, 3.63) is 43.0 Å². The van der Waals surface area contributed by atoms with Crippen LogP contribution in [0.25, 0.3) is 0 Å². The van der Waals surface area contributed by atoms with E-state index in [1.54, 1.807) is 12.7 Å². The van der Waals surface area contributed by atoms with Gasteiger partial charge in [0.25, 0.3) is 0 Å². The molecule has 5 heteroatoms. The van der Waals surface area contributed by atoms with Gasteiger partial charge in [0.05, 0.1) is 12.2 Å². The van der Waals surface area contributed by atoms with Gasteiger partial charge in [-0.25, -0.2) is 5.01 Å². The minimum Gasteiger partial charge on any atom is -0.295 e. The van der Waals surface area contributed by atoms with Crippen molar-refractivity contribution in [3.63, 3.8) is 0 Å². The number of nitrogens with zero attached hydrogens (tertiary/aromatic N) is 4. The van der Waals surface area contributed by atoms with Gasteiger partial charge in [0.2, 0.25) is 12.7 Å². The summed E-state index contributed by atoms with van der Waals surface area (Å²) in [4.78, 5) is 8.41. The second-order valence-electron chi connectivity index (χ2n) is 4.79. The van der Waals surface area contributed by atoms with Gasteiger partial charge in [0.15, 0.2) is 0 Å². The molecule has 0 aliphatic heterocycles. The standard InChI is InChI=1S/C14H17N5/c1-15-14-17-10-16-11-19(14)18(9-12-7-8-12)13-5-3-2-4-6-13/h2-6,10-12H,7-9H2,1H3/p+1. The summed E-state index contributed by atoms with van der Waals surface area (Å²) in [7, 11) is 1.87. The minimum absolute atomic E-state index is 0.776. The first-order valence-corrected chi connectivity index (χ1v) is 6.61. The summed E-state index contributed by atoms with van der Waals surface area (Å²) in [6.07, 6.45) is 5.98. The summed E-state index contributed by atoms with van der Waals surface area (Å²) < 4.78 is 1.98. The minimum atomic E-state index is 0.776. The third kappa shape index (κ3) is 2.65. The number of benzene rings is 1. The second kappa shape index (κ2) is 5.22. The lowest BCUT2D eigenvalue weighted by molar-refractivity contribution is -0.676. The molecule has 3 rings (SSSR count). The summed E-state index contributed by atoms with van der Waals surface area (Å²) in [5.74, 6) is 1.57. The molecular weight excluding hydrogens is 238 g/mol. The summed E-state index contributed by atoms with van der Waals surface area (Å²) in [5, 5.41) is 5.34. The molecule has 98 valence electrons. The number of hydrogen-bond donors (Lipinski definition) is 1. The molecule has 5 nitrogen and oxygen atoms in total. The van der Waals surface area contributed by atoms with E-state index in [9.17, 15) is 0 Å². The topological polar surface area (TPSA) is 44.9 Å². The predicted octanol–water partition coefficient (Wildman–Crippen LogP) is 1.49. The largest absolute Gasteiger partial charge is 0.371 e. The zero-order valence-corrected chi connectivity index (χ0v) is 11.0. The third-order valence-electron chi connectivity index (χ3n) is 3.31. The Kier molecular flexibility index (Phi) is 3.27. The maximum Gasteiger partial charge on any atom is 0.371 e. The van der Waals surface area contributed by atoms with Crippen molar-refractivity contribution >= 4 is 11.6 Å². The lowest BCUT2D eigenvalue weighted by atomic mass is 10.3. The Morgan fingerprint density at radius 1 is 1.32 bits per heavy atom. The molecule has 1 saturated carbocycles. The predicted molar refractivity (Wildman–Crippen MR) is 73.7 cm³/mol. The molecule has 1 aliphatic carbocycles. The van der Waals surface area contributed by atoms with Crippen molar-refractivity contribution in [2.24, 2.45) is 5.92 Å². The number of anilines is 2. The number of nitrogens with one attached hydrogen (secondary N) is 1. The van der Waals surface area contributed by atoms with Gasteiger partial charge in [-0.05, 0) is 30.9 Å². The Balaban J connectivity index is 1.98. The maximum atomic E-state index is 4.27. The smallest absolute Gasteiger partial charge is 0.295 e. The number of para-hydroxylation sites is 1. The molecule has 0 spiro atoms. The van der Waals surface area contributed by atoms with E-state index in [0.29, 0.717) is 0 Å². The lowest BCUT2D eigenvalue weighted by Crippen LogP contribution is -2.57. The monoisotopic (exact) mass is 256 g/mol. The summed E-state index contributed by atoms with van der Waals surface area (Å²) >= 11 is 0. The molecule has 1 aliphatic rings. The molecule has 1 fully saturated rings. The van der Waals surface area contributed by atoms with Gasteiger partial charge < -0.3 is 0 Å². The van der Waals surface area contributed by atoms with Crippen LogP contribution < -0.4 is 15.0 Å². The molecule has 0 saturated heterocycles. The summed E-state index contributed by atoms with van der Waals surface area (Å²) in [6.45, 7) is 0.997. The van der Waals surface area contributed by atoms with Crippen LogP contribution in [0.3, 0.4) is 0 Å². The van der Waals surface area contributed by atoms with Crippen molar-refractivity contribution in [1.29, 1.82) is 0 Å². The van der Waals surface area contributed by atoms with Crippen LogP contribution in [0.4, 0.5) is 11.6 Å². The first kappa shape index (κ1) is 11.9. The first-order chi connectivity index (χ1) is 9.38. The molecule has 2 aromatic rings. The zero-order chi connectivity index (χ0) is 13.1. The normalized spacial score (nSPS) is 14.2. The van der Waals surface area contributed by atoms with Gasteiger partial charge in [0, 0.05) is 7.05 Å². The number of rotatable bonds is 5. The van der Waals surface area contributed by atoms with Crippen LogP contribution in [0.15, 0.2) is 43.0 Å². The molecule has 1 aromatic heterocycles. The zero-order valence-electron chi connectivity index (χ0n) is 11.0. The molecular formula is C14H18N5+. The average molecular weight is 256 g/mol. The van der Waals surface area contributed by atoms with Crippen molar-refractivity contribution in [2.75, 3.05) is 23.9 Å². The molecule has 0 atom stereocenters. The summed E-state index contributed by atoms with van der Waals surface area (Å²) in [5.41, 5.74) is 1.16. The quantitative estimate of drug-likeness (QED) is 0.823. The van der Waals surface area contributed by atoms with Crippen LogP contribution in [0, 0.1) is 5.92 Å². The SMILES string of the molecule is CNc1ncnc[n+]1N(CC1CC1)c1ccccc1. The van der Waals surface area contributed by atoms with Gasteiger partial charge in [-0.1, -0.05) is 23.2 Å². The van der Waals surface area contributed by atoms with Gasteiger partial charge in [-0.15, -0.1) is 9.66 Å². The third-order valence-corrected chi connectivity index (χ3v) is 3.31. The highest BCUT2D eigenvalue weighted by Gasteiger charge is 2.27. The fraction of sp³-hybridized carbons (Fsp3) is 0.357. The molecule has 0 unspecified atom stereocenters. The Bertz CT molecular complexity index is 539. The second-order valence-corrected chi connectivity index (χ2v) is 4.79. The van der Waals surface area contributed by atoms with Crippen molar-refractivity contribution in [1.82, 2.24) is 9.97 Å². The van der Waals surface area contributed by atoms with Gasteiger partial charge in [0.1, 0.15) is 0 Å². The Morgan fingerprint density at radius 3 is 2.79 bits per heavy atom. The van der Waals surface area contributed by atoms with Crippen molar-refractivity contribution in [3.8, 4) is 0 Å². The van der Waals surface area contributed by atoms with E-state index in [2.05, 4.69) is 44.6 Å². The van der Waals surface area contributed by atoms with Crippen LogP contribution >= 0.6 is 0 Å². The average Bonchev–Trinajstić information content (AvgIpc) is 3.30. The molecule has 1 aromatic carbocycles. The highest BCUT2D eigenvalue weighted by Crippen LogP contribution is 2.30. The molecule has 0 radical (unpaired) electrons. The Labute approximate surface area is 112 Å². The van der Waals surface area contributed by atoms with Crippen LogP contribution in [0.5, 0.6) is 0 Å². The molecule has 19 heavy (non-hydrogen) atoms.